The molecule has 2 rings (SSSR count). The van der Waals surface area contributed by atoms with Crippen LogP contribution in [0.5, 0.6) is 11.5 Å². The van der Waals surface area contributed by atoms with Gasteiger partial charge in [0.2, 0.25) is 0 Å². The van der Waals surface area contributed by atoms with Crippen molar-refractivity contribution in [1.82, 2.24) is 5.73 Å². The summed E-state index contributed by atoms with van der Waals surface area (Å²) in [6.07, 6.45) is 0. The van der Waals surface area contributed by atoms with Crippen LogP contribution >= 0.6 is 0 Å². The molecule has 0 heterocycles. The van der Waals surface area contributed by atoms with Gasteiger partial charge in [0.25, 0.3) is 5.91 Å². The van der Waals surface area contributed by atoms with Crippen LogP contribution in [0.1, 0.15) is 10.4 Å². The Bertz CT molecular complexity index is 477. The molecule has 0 atom stereocenters. The van der Waals surface area contributed by atoms with Crippen molar-refractivity contribution in [2.45, 2.75) is 0 Å². The highest BCUT2D eigenvalue weighted by Gasteiger charge is 2.01. The molecule has 0 saturated heterocycles. The molecule has 0 fully saturated rings. The highest BCUT2D eigenvalue weighted by atomic mass is 16.5. The Morgan fingerprint density at radius 2 is 1.44 bits per heavy atom. The zero-order valence-electron chi connectivity index (χ0n) is 8.51. The molecule has 2 aromatic rings. The summed E-state index contributed by atoms with van der Waals surface area (Å²) < 4.78 is 5.54. The van der Waals surface area contributed by atoms with Crippen molar-refractivity contribution in [1.29, 1.82) is 0 Å². The van der Waals surface area contributed by atoms with Crippen LogP contribution in [0.15, 0.2) is 54.6 Å². The van der Waals surface area contributed by atoms with Crippen LogP contribution < -0.4 is 10.5 Å². The summed E-state index contributed by atoms with van der Waals surface area (Å²) in [7, 11) is 0. The molecule has 1 radical (unpaired) electrons. The quantitative estimate of drug-likeness (QED) is 0.785. The molecule has 3 nitrogen and oxygen atoms in total. The Hall–Kier alpha value is -2.29. The first-order valence-corrected chi connectivity index (χ1v) is 4.84. The number of hydrogen-bond donors (Lipinski definition) is 0. The number of nitrogens with one attached hydrogen (secondary N) is 1. The molecule has 0 aliphatic carbocycles. The number of rotatable bonds is 3. The highest BCUT2D eigenvalue weighted by molar-refractivity contribution is 5.92. The van der Waals surface area contributed by atoms with Crippen molar-refractivity contribution < 1.29 is 9.53 Å². The Kier molecular flexibility index (Phi) is 2.87. The number of carbonyl (C=O) groups excluding carboxylic acids is 1. The van der Waals surface area contributed by atoms with E-state index < -0.39 is 5.91 Å². The number of ether oxygens (including phenoxy) is 1. The van der Waals surface area contributed by atoms with Crippen LogP contribution in [0.3, 0.4) is 0 Å². The minimum absolute atomic E-state index is 0.361. The third-order valence-electron chi connectivity index (χ3n) is 2.10. The van der Waals surface area contributed by atoms with Crippen molar-refractivity contribution in [2.24, 2.45) is 0 Å². The zero-order chi connectivity index (χ0) is 11.4. The average Bonchev–Trinajstić information content (AvgIpc) is 2.31. The maximum Gasteiger partial charge on any atom is 0.269 e. The van der Waals surface area contributed by atoms with Crippen LogP contribution in [0.25, 0.3) is 0 Å². The van der Waals surface area contributed by atoms with E-state index in [2.05, 4.69) is 0 Å². The van der Waals surface area contributed by atoms with Gasteiger partial charge in [0.05, 0.1) is 0 Å². The van der Waals surface area contributed by atoms with E-state index in [4.69, 9.17) is 10.5 Å². The topological polar surface area (TPSA) is 50.1 Å². The van der Waals surface area contributed by atoms with E-state index in [9.17, 15) is 4.79 Å². The molecule has 0 aliphatic heterocycles. The van der Waals surface area contributed by atoms with Gasteiger partial charge in [0, 0.05) is 5.56 Å². The Morgan fingerprint density at radius 1 is 0.875 bits per heavy atom. The molecule has 1 amide bonds. The second-order valence-corrected chi connectivity index (χ2v) is 3.27. The molecule has 2 aromatic carbocycles. The van der Waals surface area contributed by atoms with Crippen LogP contribution in [0.4, 0.5) is 0 Å². The lowest BCUT2D eigenvalue weighted by atomic mass is 10.2. The van der Waals surface area contributed by atoms with Crippen LogP contribution in [-0.2, 0) is 0 Å². The minimum Gasteiger partial charge on any atom is -0.457 e. The van der Waals surface area contributed by atoms with Crippen LogP contribution in [0, 0.1) is 0 Å². The lowest BCUT2D eigenvalue weighted by molar-refractivity contribution is 0.0992. The first-order chi connectivity index (χ1) is 7.75. The third-order valence-corrected chi connectivity index (χ3v) is 2.10. The maximum atomic E-state index is 10.7. The fourth-order valence-corrected chi connectivity index (χ4v) is 1.30. The van der Waals surface area contributed by atoms with Crippen LogP contribution in [-0.4, -0.2) is 5.91 Å². The summed E-state index contributed by atoms with van der Waals surface area (Å²) in [5, 5.41) is 0. The molecule has 0 aromatic heterocycles. The predicted octanol–water partition coefficient (Wildman–Crippen LogP) is 2.90. The van der Waals surface area contributed by atoms with E-state index in [1.54, 1.807) is 24.3 Å². The number of hydrogen-bond acceptors (Lipinski definition) is 2. The normalized spacial score (nSPS) is 9.75. The molecule has 0 saturated carbocycles. The summed E-state index contributed by atoms with van der Waals surface area (Å²) in [5.41, 5.74) is 7.29. The van der Waals surface area contributed by atoms with E-state index >= 15 is 0 Å². The predicted molar refractivity (Wildman–Crippen MR) is 60.4 cm³/mol. The first kappa shape index (κ1) is 10.2. The highest BCUT2D eigenvalue weighted by Crippen LogP contribution is 2.20. The maximum absolute atomic E-state index is 10.7. The molecular formula is C13H10NO2. The number of carbonyl (C=O) groups is 1. The second-order valence-electron chi connectivity index (χ2n) is 3.27. The van der Waals surface area contributed by atoms with E-state index in [1.807, 2.05) is 30.3 Å². The van der Waals surface area contributed by atoms with Crippen molar-refractivity contribution >= 4 is 5.91 Å². The Balaban J connectivity index is 2.14. The number of para-hydroxylation sites is 1. The van der Waals surface area contributed by atoms with E-state index in [1.165, 1.54) is 0 Å². The lowest BCUT2D eigenvalue weighted by Gasteiger charge is -2.05. The first-order valence-electron chi connectivity index (χ1n) is 4.84. The number of amides is 1. The van der Waals surface area contributed by atoms with Gasteiger partial charge < -0.3 is 4.74 Å². The fraction of sp³-hybridized carbons (Fsp3) is 0. The SMILES string of the molecule is [NH]C(=O)c1ccc(Oc2ccccc2)cc1. The van der Waals surface area contributed by atoms with Crippen molar-refractivity contribution in [2.75, 3.05) is 0 Å². The van der Waals surface area contributed by atoms with E-state index in [-0.39, 0.29) is 0 Å². The standard InChI is InChI=1S/C13H10NO2/c14-13(15)10-6-8-12(9-7-10)16-11-4-2-1-3-5-11/h1-9,14H. The molecule has 0 aliphatic rings. The molecule has 0 spiro atoms. The molecule has 0 bridgehead atoms. The van der Waals surface area contributed by atoms with E-state index in [0.717, 1.165) is 5.75 Å². The van der Waals surface area contributed by atoms with Gasteiger partial charge in [-0.1, -0.05) is 18.2 Å². The zero-order valence-corrected chi connectivity index (χ0v) is 8.51. The van der Waals surface area contributed by atoms with Crippen molar-refractivity contribution in [3.8, 4) is 11.5 Å². The molecule has 79 valence electrons. The largest absolute Gasteiger partial charge is 0.457 e. The average molecular weight is 212 g/mol. The molecule has 0 unspecified atom stereocenters. The molecule has 3 heteroatoms. The molecular weight excluding hydrogens is 202 g/mol. The summed E-state index contributed by atoms with van der Waals surface area (Å²) in [4.78, 5) is 10.7. The minimum atomic E-state index is -0.689. The summed E-state index contributed by atoms with van der Waals surface area (Å²) >= 11 is 0. The Labute approximate surface area is 93.5 Å². The van der Waals surface area contributed by atoms with Gasteiger partial charge >= 0.3 is 0 Å². The lowest BCUT2D eigenvalue weighted by Crippen LogP contribution is -1.97. The smallest absolute Gasteiger partial charge is 0.269 e. The van der Waals surface area contributed by atoms with Gasteiger partial charge in [-0.15, -0.1) is 0 Å². The van der Waals surface area contributed by atoms with Crippen molar-refractivity contribution in [3.05, 3.63) is 60.2 Å². The summed E-state index contributed by atoms with van der Waals surface area (Å²) in [6, 6.07) is 15.9. The monoisotopic (exact) mass is 212 g/mol. The Morgan fingerprint density at radius 3 is 2.00 bits per heavy atom. The molecule has 1 N–H and O–H groups in total. The summed E-state index contributed by atoms with van der Waals surface area (Å²) in [6.45, 7) is 0. The van der Waals surface area contributed by atoms with E-state index in [0.29, 0.717) is 11.3 Å². The number of benzene rings is 2. The van der Waals surface area contributed by atoms with Gasteiger partial charge in [-0.2, -0.15) is 0 Å². The summed E-state index contributed by atoms with van der Waals surface area (Å²) in [5.74, 6) is 0.704. The van der Waals surface area contributed by atoms with Gasteiger partial charge in [0.15, 0.2) is 0 Å². The van der Waals surface area contributed by atoms with Gasteiger partial charge in [0.1, 0.15) is 11.5 Å². The van der Waals surface area contributed by atoms with Gasteiger partial charge in [-0.05, 0) is 36.4 Å². The fourth-order valence-electron chi connectivity index (χ4n) is 1.30. The van der Waals surface area contributed by atoms with Gasteiger partial charge in [-0.25, -0.2) is 0 Å². The second kappa shape index (κ2) is 4.49. The van der Waals surface area contributed by atoms with Crippen LogP contribution in [0.2, 0.25) is 0 Å². The van der Waals surface area contributed by atoms with Crippen molar-refractivity contribution in [3.63, 3.8) is 0 Å². The third kappa shape index (κ3) is 2.39. The molecule has 16 heavy (non-hydrogen) atoms. The van der Waals surface area contributed by atoms with Gasteiger partial charge in [-0.3, -0.25) is 10.5 Å².